The second-order valence-corrected chi connectivity index (χ2v) is 6.69. The van der Waals surface area contributed by atoms with Crippen molar-refractivity contribution in [1.29, 1.82) is 0 Å². The molecule has 0 saturated heterocycles. The Kier molecular flexibility index (Phi) is 5.48. The van der Waals surface area contributed by atoms with Gasteiger partial charge in [0.15, 0.2) is 0 Å². The molecule has 0 aliphatic carbocycles. The first-order valence-electron chi connectivity index (χ1n) is 5.88. The maximum atomic E-state index is 11.9. The molecule has 2 aromatic rings. The van der Waals surface area contributed by atoms with Crippen molar-refractivity contribution in [2.75, 3.05) is 0 Å². The van der Waals surface area contributed by atoms with Crippen molar-refractivity contribution in [3.63, 3.8) is 0 Å². The molecule has 1 atom stereocenters. The largest absolute Gasteiger partial charge is 0.350 e. The maximum Gasteiger partial charge on any atom is 0.233 e. The van der Waals surface area contributed by atoms with Gasteiger partial charge >= 0.3 is 0 Å². The molecule has 0 bridgehead atoms. The van der Waals surface area contributed by atoms with Crippen molar-refractivity contribution < 1.29 is 4.79 Å². The minimum absolute atomic E-state index is 0.0308. The Bertz CT molecular complexity index is 541. The molecule has 2 nitrogen and oxygen atoms in total. The van der Waals surface area contributed by atoms with Gasteiger partial charge in [0.05, 0.1) is 11.8 Å². The van der Waals surface area contributed by atoms with Crippen molar-refractivity contribution in [1.82, 2.24) is 5.32 Å². The maximum absolute atomic E-state index is 11.9. The van der Waals surface area contributed by atoms with Crippen LogP contribution in [0.5, 0.6) is 0 Å². The highest BCUT2D eigenvalue weighted by molar-refractivity contribution is 9.10. The van der Waals surface area contributed by atoms with Gasteiger partial charge in [0.25, 0.3) is 0 Å². The predicted molar refractivity (Wildman–Crippen MR) is 86.8 cm³/mol. The van der Waals surface area contributed by atoms with E-state index >= 15 is 0 Å². The number of benzene rings is 1. The Morgan fingerprint density at radius 1 is 1.37 bits per heavy atom. The lowest BCUT2D eigenvalue weighted by atomic mass is 10.1. The highest BCUT2D eigenvalue weighted by atomic mass is 79.9. The summed E-state index contributed by atoms with van der Waals surface area (Å²) in [5, 5.41) is 4.60. The van der Waals surface area contributed by atoms with Crippen LogP contribution in [0.3, 0.4) is 0 Å². The fourth-order valence-electron chi connectivity index (χ4n) is 1.67. The van der Waals surface area contributed by atoms with Crippen LogP contribution in [0, 0.1) is 0 Å². The first-order valence-corrected chi connectivity index (χ1v) is 8.06. The average molecular weight is 356 g/mol. The van der Waals surface area contributed by atoms with Gasteiger partial charge in [-0.1, -0.05) is 30.3 Å². The second-order valence-electron chi connectivity index (χ2n) is 4.15. The van der Waals surface area contributed by atoms with Gasteiger partial charge in [0.2, 0.25) is 5.91 Å². The van der Waals surface area contributed by atoms with Gasteiger partial charge < -0.3 is 5.32 Å². The van der Waals surface area contributed by atoms with E-state index in [0.29, 0.717) is 13.0 Å². The molecule has 1 amide bonds. The van der Waals surface area contributed by atoms with Gasteiger partial charge in [-0.05, 0) is 34.0 Å². The van der Waals surface area contributed by atoms with Crippen molar-refractivity contribution in [3.8, 4) is 0 Å². The Balaban J connectivity index is 1.82. The van der Waals surface area contributed by atoms with Crippen LogP contribution >= 0.6 is 39.9 Å². The van der Waals surface area contributed by atoms with E-state index in [9.17, 15) is 4.79 Å². The molecular formula is C14H14BrNOS2. The van der Waals surface area contributed by atoms with E-state index in [4.69, 9.17) is 0 Å². The van der Waals surface area contributed by atoms with Gasteiger partial charge in [-0.25, -0.2) is 0 Å². The molecule has 0 fully saturated rings. The zero-order chi connectivity index (χ0) is 13.7. The summed E-state index contributed by atoms with van der Waals surface area (Å²) in [6.45, 7) is 0.556. The van der Waals surface area contributed by atoms with Crippen molar-refractivity contribution >= 4 is 45.8 Å². The van der Waals surface area contributed by atoms with E-state index in [1.54, 1.807) is 11.3 Å². The summed E-state index contributed by atoms with van der Waals surface area (Å²) in [5.41, 5.74) is 1.12. The third-order valence-corrected chi connectivity index (χ3v) is 4.75. The van der Waals surface area contributed by atoms with Crippen LogP contribution in [0.25, 0.3) is 0 Å². The average Bonchev–Trinajstić information content (AvgIpc) is 2.83. The normalized spacial score (nSPS) is 12.1. The van der Waals surface area contributed by atoms with Crippen LogP contribution in [0.4, 0.5) is 0 Å². The summed E-state index contributed by atoms with van der Waals surface area (Å²) in [7, 11) is 0. The minimum atomic E-state index is -0.314. The van der Waals surface area contributed by atoms with Gasteiger partial charge in [0.1, 0.15) is 0 Å². The molecule has 0 radical (unpaired) electrons. The molecule has 1 N–H and O–H groups in total. The highest BCUT2D eigenvalue weighted by Gasteiger charge is 2.14. The number of hydrogen-bond acceptors (Lipinski definition) is 3. The summed E-state index contributed by atoms with van der Waals surface area (Å²) in [6, 6.07) is 11.9. The van der Waals surface area contributed by atoms with Crippen molar-refractivity contribution in [2.45, 2.75) is 18.2 Å². The number of carbonyl (C=O) groups excluding carboxylic acids is 1. The van der Waals surface area contributed by atoms with Crippen molar-refractivity contribution in [2.24, 2.45) is 0 Å². The number of thiol groups is 1. The number of halogens is 1. The quantitative estimate of drug-likeness (QED) is 0.787. The molecular weight excluding hydrogens is 342 g/mol. The summed E-state index contributed by atoms with van der Waals surface area (Å²) in [6.07, 6.45) is 0.643. The molecule has 1 aromatic heterocycles. The summed E-state index contributed by atoms with van der Waals surface area (Å²) in [5.74, 6) is -0.0308. The Morgan fingerprint density at radius 3 is 2.74 bits per heavy atom. The molecule has 0 aliphatic heterocycles. The van der Waals surface area contributed by atoms with Gasteiger partial charge in [-0.3, -0.25) is 4.79 Å². The number of carbonyl (C=O) groups is 1. The van der Waals surface area contributed by atoms with Gasteiger partial charge in [-0.15, -0.1) is 11.3 Å². The molecule has 1 heterocycles. The molecule has 0 spiro atoms. The van der Waals surface area contributed by atoms with Crippen LogP contribution in [-0.2, 0) is 17.8 Å². The molecule has 0 aliphatic rings. The van der Waals surface area contributed by atoms with E-state index in [-0.39, 0.29) is 11.2 Å². The molecule has 0 saturated carbocycles. The molecule has 2 rings (SSSR count). The molecule has 19 heavy (non-hydrogen) atoms. The third kappa shape index (κ3) is 4.67. The lowest BCUT2D eigenvalue weighted by Crippen LogP contribution is -2.32. The van der Waals surface area contributed by atoms with Crippen molar-refractivity contribution in [3.05, 3.63) is 56.7 Å². The van der Waals surface area contributed by atoms with E-state index in [0.717, 1.165) is 14.9 Å². The predicted octanol–water partition coefficient (Wildman–Crippen LogP) is 3.67. The molecule has 1 aromatic carbocycles. The van der Waals surface area contributed by atoms with Crippen LogP contribution in [0.1, 0.15) is 10.4 Å². The van der Waals surface area contributed by atoms with E-state index in [1.807, 2.05) is 41.8 Å². The summed E-state index contributed by atoms with van der Waals surface area (Å²) >= 11 is 9.39. The summed E-state index contributed by atoms with van der Waals surface area (Å²) < 4.78 is 1.05. The fourth-order valence-corrected chi connectivity index (χ4v) is 3.36. The van der Waals surface area contributed by atoms with Gasteiger partial charge in [0, 0.05) is 14.7 Å². The van der Waals surface area contributed by atoms with Crippen LogP contribution in [0.15, 0.2) is 46.3 Å². The van der Waals surface area contributed by atoms with E-state index in [2.05, 4.69) is 33.9 Å². The SMILES string of the molecule is O=C(NCc1cc(Br)cs1)C(S)Cc1ccccc1. The smallest absolute Gasteiger partial charge is 0.233 e. The number of nitrogens with one attached hydrogen (secondary N) is 1. The Labute approximate surface area is 130 Å². The topological polar surface area (TPSA) is 29.1 Å². The van der Waals surface area contributed by atoms with Crippen LogP contribution < -0.4 is 5.32 Å². The van der Waals surface area contributed by atoms with E-state index in [1.165, 1.54) is 0 Å². The Morgan fingerprint density at radius 2 is 2.11 bits per heavy atom. The second kappa shape index (κ2) is 7.12. The number of rotatable bonds is 5. The highest BCUT2D eigenvalue weighted by Crippen LogP contribution is 2.19. The number of amides is 1. The lowest BCUT2D eigenvalue weighted by Gasteiger charge is -2.11. The zero-order valence-corrected chi connectivity index (χ0v) is 13.5. The zero-order valence-electron chi connectivity index (χ0n) is 10.2. The van der Waals surface area contributed by atoms with Crippen LogP contribution in [-0.4, -0.2) is 11.2 Å². The van der Waals surface area contributed by atoms with Gasteiger partial charge in [-0.2, -0.15) is 12.6 Å². The number of hydrogen-bond donors (Lipinski definition) is 2. The Hall–Kier alpha value is -0.780. The number of thiophene rings is 1. The molecule has 100 valence electrons. The minimum Gasteiger partial charge on any atom is -0.350 e. The van der Waals surface area contributed by atoms with E-state index < -0.39 is 0 Å². The third-order valence-electron chi connectivity index (χ3n) is 2.63. The molecule has 1 unspecified atom stereocenters. The first kappa shape index (κ1) is 14.6. The first-order chi connectivity index (χ1) is 9.15. The fraction of sp³-hybridized carbons (Fsp3) is 0.214. The molecule has 5 heteroatoms. The summed E-state index contributed by atoms with van der Waals surface area (Å²) in [4.78, 5) is 13.1. The standard InChI is InChI=1S/C14H14BrNOS2/c15-11-7-12(19-9-11)8-16-14(17)13(18)6-10-4-2-1-3-5-10/h1-5,7,9,13,18H,6,8H2,(H,16,17). The van der Waals surface area contributed by atoms with Crippen LogP contribution in [0.2, 0.25) is 0 Å². The lowest BCUT2D eigenvalue weighted by molar-refractivity contribution is -0.120. The monoisotopic (exact) mass is 355 g/mol.